The predicted octanol–water partition coefficient (Wildman–Crippen LogP) is 4.45. The number of nitrogens with one attached hydrogen (secondary N) is 2. The molecule has 1 saturated carbocycles. The van der Waals surface area contributed by atoms with Gasteiger partial charge in [0.05, 0.1) is 26.9 Å². The number of rotatable bonds is 8. The number of ether oxygens (including phenoxy) is 3. The number of anilines is 3. The highest BCUT2D eigenvalue weighted by atomic mass is 16.5. The van der Waals surface area contributed by atoms with Gasteiger partial charge in [0.25, 0.3) is 0 Å². The Labute approximate surface area is 187 Å². The van der Waals surface area contributed by atoms with Crippen LogP contribution in [0.1, 0.15) is 32.1 Å². The first kappa shape index (κ1) is 21.6. The standard InChI is InChI=1S/C23H28N6O3/c1-30-18-12-16(13-19(31-2)20(18)32-3)28-23-26-14-25-22(29-23)17-10-7-11-24-21(17)27-15-8-5-4-6-9-15/h7,10-15H,4-6,8-9H2,1-3H3,(H,24,27)(H,25,26,28,29). The van der Waals surface area contributed by atoms with Crippen molar-refractivity contribution in [1.29, 1.82) is 0 Å². The second kappa shape index (κ2) is 10.1. The molecule has 0 bridgehead atoms. The van der Waals surface area contributed by atoms with Gasteiger partial charge in [-0.3, -0.25) is 0 Å². The van der Waals surface area contributed by atoms with Crippen LogP contribution >= 0.6 is 0 Å². The van der Waals surface area contributed by atoms with Crippen molar-refractivity contribution in [1.82, 2.24) is 19.9 Å². The lowest BCUT2D eigenvalue weighted by Gasteiger charge is -2.24. The lowest BCUT2D eigenvalue weighted by atomic mass is 9.95. The van der Waals surface area contributed by atoms with E-state index in [0.29, 0.717) is 40.8 Å². The van der Waals surface area contributed by atoms with Crippen LogP contribution in [0.25, 0.3) is 11.4 Å². The average Bonchev–Trinajstić information content (AvgIpc) is 2.84. The molecule has 9 nitrogen and oxygen atoms in total. The van der Waals surface area contributed by atoms with E-state index in [9.17, 15) is 0 Å². The van der Waals surface area contributed by atoms with Crippen molar-refractivity contribution in [3.63, 3.8) is 0 Å². The Balaban J connectivity index is 1.60. The molecule has 1 aliphatic rings. The van der Waals surface area contributed by atoms with Gasteiger partial charge in [-0.05, 0) is 25.0 Å². The van der Waals surface area contributed by atoms with E-state index >= 15 is 0 Å². The van der Waals surface area contributed by atoms with Crippen LogP contribution in [0.2, 0.25) is 0 Å². The van der Waals surface area contributed by atoms with E-state index in [4.69, 9.17) is 14.2 Å². The summed E-state index contributed by atoms with van der Waals surface area (Å²) < 4.78 is 16.2. The van der Waals surface area contributed by atoms with Crippen molar-refractivity contribution in [3.05, 3.63) is 36.8 Å². The molecule has 168 valence electrons. The summed E-state index contributed by atoms with van der Waals surface area (Å²) in [5, 5.41) is 6.78. The van der Waals surface area contributed by atoms with E-state index in [1.165, 1.54) is 25.6 Å². The Morgan fingerprint density at radius 1 is 0.906 bits per heavy atom. The molecule has 1 fully saturated rings. The van der Waals surface area contributed by atoms with Gasteiger partial charge in [0.1, 0.15) is 12.1 Å². The maximum absolute atomic E-state index is 5.42. The number of benzene rings is 1. The van der Waals surface area contributed by atoms with Gasteiger partial charge < -0.3 is 24.8 Å². The number of methoxy groups -OCH3 is 3. The summed E-state index contributed by atoms with van der Waals surface area (Å²) >= 11 is 0. The number of nitrogens with zero attached hydrogens (tertiary/aromatic N) is 4. The zero-order valence-electron chi connectivity index (χ0n) is 18.6. The third-order valence-electron chi connectivity index (χ3n) is 5.49. The first-order valence-electron chi connectivity index (χ1n) is 10.7. The molecule has 0 saturated heterocycles. The maximum atomic E-state index is 5.42. The molecule has 0 unspecified atom stereocenters. The Hall–Kier alpha value is -3.62. The molecule has 0 radical (unpaired) electrons. The van der Waals surface area contributed by atoms with Crippen molar-refractivity contribution in [2.24, 2.45) is 0 Å². The van der Waals surface area contributed by atoms with Crippen LogP contribution in [0.15, 0.2) is 36.8 Å². The fraction of sp³-hybridized carbons (Fsp3) is 0.391. The van der Waals surface area contributed by atoms with Crippen LogP contribution in [-0.4, -0.2) is 47.3 Å². The van der Waals surface area contributed by atoms with E-state index in [1.807, 2.05) is 12.1 Å². The Morgan fingerprint density at radius 3 is 2.34 bits per heavy atom. The first-order valence-corrected chi connectivity index (χ1v) is 10.7. The van der Waals surface area contributed by atoms with Crippen molar-refractivity contribution >= 4 is 17.5 Å². The molecule has 3 aromatic rings. The van der Waals surface area contributed by atoms with E-state index in [1.54, 1.807) is 39.7 Å². The van der Waals surface area contributed by atoms with E-state index in [-0.39, 0.29) is 0 Å². The molecule has 0 amide bonds. The second-order valence-corrected chi connectivity index (χ2v) is 7.55. The number of aromatic nitrogens is 4. The predicted molar refractivity (Wildman–Crippen MR) is 123 cm³/mol. The number of hydrogen-bond acceptors (Lipinski definition) is 9. The highest BCUT2D eigenvalue weighted by Gasteiger charge is 2.18. The summed E-state index contributed by atoms with van der Waals surface area (Å²) in [5.74, 6) is 3.33. The fourth-order valence-electron chi connectivity index (χ4n) is 3.91. The zero-order valence-corrected chi connectivity index (χ0v) is 18.6. The summed E-state index contributed by atoms with van der Waals surface area (Å²) in [6.07, 6.45) is 9.37. The molecule has 4 rings (SSSR count). The Morgan fingerprint density at radius 2 is 1.66 bits per heavy atom. The van der Waals surface area contributed by atoms with Crippen LogP contribution in [0.4, 0.5) is 17.5 Å². The summed E-state index contributed by atoms with van der Waals surface area (Å²) in [4.78, 5) is 17.8. The van der Waals surface area contributed by atoms with Crippen LogP contribution in [0.5, 0.6) is 17.2 Å². The molecule has 0 aliphatic heterocycles. The van der Waals surface area contributed by atoms with Crippen molar-refractivity contribution in [2.75, 3.05) is 32.0 Å². The summed E-state index contributed by atoms with van der Waals surface area (Å²) in [6.45, 7) is 0. The van der Waals surface area contributed by atoms with E-state index in [0.717, 1.165) is 24.2 Å². The first-order chi connectivity index (χ1) is 15.7. The lowest BCUT2D eigenvalue weighted by Crippen LogP contribution is -2.23. The van der Waals surface area contributed by atoms with Gasteiger partial charge in [-0.1, -0.05) is 19.3 Å². The summed E-state index contributed by atoms with van der Waals surface area (Å²) in [6, 6.07) is 7.88. The van der Waals surface area contributed by atoms with Crippen LogP contribution in [-0.2, 0) is 0 Å². The zero-order chi connectivity index (χ0) is 22.3. The van der Waals surface area contributed by atoms with Crippen molar-refractivity contribution < 1.29 is 14.2 Å². The third-order valence-corrected chi connectivity index (χ3v) is 5.49. The molecule has 9 heteroatoms. The molecular formula is C23H28N6O3. The van der Waals surface area contributed by atoms with Gasteiger partial charge in [0.15, 0.2) is 17.3 Å². The second-order valence-electron chi connectivity index (χ2n) is 7.55. The monoisotopic (exact) mass is 436 g/mol. The molecular weight excluding hydrogens is 408 g/mol. The van der Waals surface area contributed by atoms with E-state index < -0.39 is 0 Å². The maximum Gasteiger partial charge on any atom is 0.230 e. The van der Waals surface area contributed by atoms with E-state index in [2.05, 4.69) is 30.6 Å². The fourth-order valence-corrected chi connectivity index (χ4v) is 3.91. The normalized spacial score (nSPS) is 14.0. The van der Waals surface area contributed by atoms with Gasteiger partial charge in [0, 0.05) is 30.1 Å². The molecule has 2 N–H and O–H groups in total. The average molecular weight is 437 g/mol. The number of hydrogen-bond donors (Lipinski definition) is 2. The van der Waals surface area contributed by atoms with Crippen LogP contribution < -0.4 is 24.8 Å². The van der Waals surface area contributed by atoms with Gasteiger partial charge in [-0.2, -0.15) is 4.98 Å². The van der Waals surface area contributed by atoms with Gasteiger partial charge in [-0.25, -0.2) is 15.0 Å². The van der Waals surface area contributed by atoms with Crippen LogP contribution in [0.3, 0.4) is 0 Å². The summed E-state index contributed by atoms with van der Waals surface area (Å²) in [7, 11) is 4.72. The minimum Gasteiger partial charge on any atom is -0.493 e. The SMILES string of the molecule is COc1cc(Nc2ncnc(-c3cccnc3NC3CCCCC3)n2)cc(OC)c1OC. The minimum atomic E-state index is 0.400. The Kier molecular flexibility index (Phi) is 6.84. The molecule has 2 aromatic heterocycles. The van der Waals surface area contributed by atoms with Crippen LogP contribution in [0, 0.1) is 0 Å². The van der Waals surface area contributed by atoms with Gasteiger partial charge >= 0.3 is 0 Å². The third kappa shape index (κ3) is 4.82. The molecule has 0 atom stereocenters. The highest BCUT2D eigenvalue weighted by molar-refractivity contribution is 5.71. The smallest absolute Gasteiger partial charge is 0.230 e. The largest absolute Gasteiger partial charge is 0.493 e. The molecule has 0 spiro atoms. The Bertz CT molecular complexity index is 1030. The topological polar surface area (TPSA) is 103 Å². The lowest BCUT2D eigenvalue weighted by molar-refractivity contribution is 0.324. The molecule has 1 aromatic carbocycles. The molecule has 32 heavy (non-hydrogen) atoms. The van der Waals surface area contributed by atoms with Crippen molar-refractivity contribution in [2.45, 2.75) is 38.1 Å². The minimum absolute atomic E-state index is 0.400. The number of pyridine rings is 1. The quantitative estimate of drug-likeness (QED) is 0.530. The highest BCUT2D eigenvalue weighted by Crippen LogP contribution is 2.40. The molecule has 1 aliphatic carbocycles. The van der Waals surface area contributed by atoms with Gasteiger partial charge in [-0.15, -0.1) is 0 Å². The summed E-state index contributed by atoms with van der Waals surface area (Å²) in [5.41, 5.74) is 1.54. The van der Waals surface area contributed by atoms with Gasteiger partial charge in [0.2, 0.25) is 11.7 Å². The van der Waals surface area contributed by atoms with Crippen molar-refractivity contribution in [3.8, 4) is 28.6 Å². The molecule has 2 heterocycles.